The fourth-order valence-electron chi connectivity index (χ4n) is 5.45. The first-order chi connectivity index (χ1) is 25.5. The van der Waals surface area contributed by atoms with Crippen molar-refractivity contribution >= 4 is 46.4 Å². The number of hydrogen-bond acceptors (Lipinski definition) is 11. The van der Waals surface area contributed by atoms with Crippen LogP contribution in [0.15, 0.2) is 85.3 Å². The van der Waals surface area contributed by atoms with Crippen LogP contribution in [0.25, 0.3) is 0 Å². The lowest BCUT2D eigenvalue weighted by molar-refractivity contribution is -0.393. The smallest absolute Gasteiger partial charge is 0.326 e. The van der Waals surface area contributed by atoms with Crippen LogP contribution < -0.4 is 26.6 Å². The van der Waals surface area contributed by atoms with Crippen molar-refractivity contribution in [1.29, 1.82) is 0 Å². The maximum atomic E-state index is 13.9. The van der Waals surface area contributed by atoms with Gasteiger partial charge in [0.05, 0.1) is 27.8 Å². The van der Waals surface area contributed by atoms with Gasteiger partial charge in [-0.2, -0.15) is 0 Å². The van der Waals surface area contributed by atoms with E-state index in [1.807, 2.05) is 6.07 Å². The van der Waals surface area contributed by atoms with Gasteiger partial charge in [-0.15, -0.1) is 0 Å². The van der Waals surface area contributed by atoms with E-state index in [1.165, 1.54) is 18.6 Å². The summed E-state index contributed by atoms with van der Waals surface area (Å²) in [5, 5.41) is 46.1. The molecule has 0 aliphatic heterocycles. The number of amides is 3. The van der Waals surface area contributed by atoms with Gasteiger partial charge in [-0.25, -0.2) is 9.78 Å². The average molecular weight is 730 g/mol. The van der Waals surface area contributed by atoms with Crippen molar-refractivity contribution in [3.63, 3.8) is 0 Å². The number of rotatable bonds is 20. The number of carboxylic acid groups (broad SMARTS) is 1. The molecule has 4 rings (SSSR count). The number of nitro benzene ring substituents is 2. The third kappa shape index (κ3) is 11.3. The maximum Gasteiger partial charge on any atom is 0.326 e. The lowest BCUT2D eigenvalue weighted by Crippen LogP contribution is -2.57. The molecule has 0 saturated carbocycles. The minimum atomic E-state index is -1.35. The third-order valence-corrected chi connectivity index (χ3v) is 8.20. The number of non-ortho nitro benzene ring substituents is 1. The van der Waals surface area contributed by atoms with Gasteiger partial charge in [-0.05, 0) is 43.0 Å². The van der Waals surface area contributed by atoms with E-state index < -0.39 is 63.0 Å². The highest BCUT2D eigenvalue weighted by atomic mass is 16.6. The lowest BCUT2D eigenvalue weighted by Gasteiger charge is -2.25. The van der Waals surface area contributed by atoms with E-state index in [2.05, 4.69) is 36.6 Å². The first kappa shape index (κ1) is 38.9. The van der Waals surface area contributed by atoms with Gasteiger partial charge in [0.2, 0.25) is 11.8 Å². The molecule has 7 N–H and O–H groups in total. The number of aromatic nitrogens is 2. The van der Waals surface area contributed by atoms with Crippen LogP contribution in [0.4, 0.5) is 22.7 Å². The number of benzene rings is 3. The third-order valence-electron chi connectivity index (χ3n) is 8.20. The minimum Gasteiger partial charge on any atom is -0.480 e. The Hall–Kier alpha value is -6.85. The van der Waals surface area contributed by atoms with Crippen LogP contribution in [0.5, 0.6) is 0 Å². The summed E-state index contributed by atoms with van der Waals surface area (Å²) < 4.78 is 0. The molecule has 0 radical (unpaired) electrons. The van der Waals surface area contributed by atoms with Gasteiger partial charge in [-0.3, -0.25) is 34.6 Å². The number of para-hydroxylation sites is 1. The Morgan fingerprint density at radius 1 is 0.811 bits per heavy atom. The number of nitrogens with one attached hydrogen (secondary N) is 6. The molecule has 278 valence electrons. The first-order valence-corrected chi connectivity index (χ1v) is 16.6. The molecule has 3 atom stereocenters. The van der Waals surface area contributed by atoms with Crippen LogP contribution >= 0.6 is 0 Å². The van der Waals surface area contributed by atoms with E-state index in [-0.39, 0.29) is 37.9 Å². The molecule has 1 heterocycles. The SMILES string of the molecule is CNc1ccccc1C(=O)N[C@@H](Cc1ccccc1)C(=O)N[C@@H](Cc1cnc[nH]1)C(=O)N[C@@H](CCCCNc1ccc([N+](=O)[O-])cc1[N+](=O)[O-])C(=O)O. The number of nitro groups is 2. The molecule has 0 saturated heterocycles. The number of carbonyl (C=O) groups excluding carboxylic acids is 3. The molecule has 3 aromatic carbocycles. The van der Waals surface area contributed by atoms with E-state index >= 15 is 0 Å². The van der Waals surface area contributed by atoms with E-state index in [1.54, 1.807) is 55.6 Å². The molecular weight excluding hydrogens is 690 g/mol. The summed E-state index contributed by atoms with van der Waals surface area (Å²) in [6.07, 6.45) is 3.45. The number of carboxylic acids is 1. The quantitative estimate of drug-likeness (QED) is 0.0393. The van der Waals surface area contributed by atoms with Crippen LogP contribution in [0.2, 0.25) is 0 Å². The summed E-state index contributed by atoms with van der Waals surface area (Å²) in [4.78, 5) is 80.8. The second-order valence-corrected chi connectivity index (χ2v) is 11.9. The second kappa shape index (κ2) is 18.9. The molecule has 18 heteroatoms. The first-order valence-electron chi connectivity index (χ1n) is 16.6. The Morgan fingerprint density at radius 2 is 1.49 bits per heavy atom. The number of anilines is 2. The van der Waals surface area contributed by atoms with Gasteiger partial charge < -0.3 is 36.7 Å². The predicted octanol–water partition coefficient (Wildman–Crippen LogP) is 3.19. The summed E-state index contributed by atoms with van der Waals surface area (Å²) in [6, 6.07) is 15.2. The molecule has 0 unspecified atom stereocenters. The molecule has 1 aromatic heterocycles. The number of H-pyrrole nitrogens is 1. The Labute approximate surface area is 303 Å². The molecule has 18 nitrogen and oxygen atoms in total. The molecular formula is C35H39N9O9. The number of aliphatic carboxylic acids is 1. The van der Waals surface area contributed by atoms with Gasteiger partial charge in [0, 0.05) is 50.1 Å². The maximum absolute atomic E-state index is 13.9. The second-order valence-electron chi connectivity index (χ2n) is 11.9. The van der Waals surface area contributed by atoms with Gasteiger partial charge in [0.15, 0.2) is 0 Å². The highest BCUT2D eigenvalue weighted by Crippen LogP contribution is 2.29. The van der Waals surface area contributed by atoms with Crippen molar-refractivity contribution in [1.82, 2.24) is 25.9 Å². The standard InChI is InChI=1S/C35H39N9O9/c1-36-26-12-6-5-11-25(26)32(45)41-29(17-22-9-3-2-4-10-22)33(46)42-30(18-23-20-37-21-39-23)34(47)40-28(35(48)49)13-7-8-16-38-27-15-14-24(43(50)51)19-31(27)44(52)53/h2-6,9-12,14-15,19-21,28-30,36,38H,7-8,13,16-18H2,1H3,(H,37,39)(H,40,47)(H,41,45)(H,42,46)(H,48,49)/t28-,29-,30-/m0/s1. The fourth-order valence-corrected chi connectivity index (χ4v) is 5.45. The van der Waals surface area contributed by atoms with Crippen molar-refractivity contribution in [3.05, 3.63) is 122 Å². The van der Waals surface area contributed by atoms with Crippen molar-refractivity contribution < 1.29 is 34.1 Å². The number of aromatic amines is 1. The minimum absolute atomic E-state index is 0.0204. The Balaban J connectivity index is 1.44. The largest absolute Gasteiger partial charge is 0.480 e. The van der Waals surface area contributed by atoms with Gasteiger partial charge >= 0.3 is 5.97 Å². The van der Waals surface area contributed by atoms with Gasteiger partial charge in [0.1, 0.15) is 23.8 Å². The number of unbranched alkanes of at least 4 members (excludes halogenated alkanes) is 1. The fraction of sp³-hybridized carbons (Fsp3) is 0.286. The Kier molecular flexibility index (Phi) is 13.9. The van der Waals surface area contributed by atoms with Gasteiger partial charge in [0.25, 0.3) is 17.3 Å². The zero-order chi connectivity index (χ0) is 38.3. The number of hydrogen-bond donors (Lipinski definition) is 7. The summed E-state index contributed by atoms with van der Waals surface area (Å²) in [7, 11) is 1.66. The predicted molar refractivity (Wildman–Crippen MR) is 193 cm³/mol. The van der Waals surface area contributed by atoms with Crippen LogP contribution in [0.1, 0.15) is 40.9 Å². The monoisotopic (exact) mass is 729 g/mol. The number of nitrogens with zero attached hydrogens (tertiary/aromatic N) is 3. The zero-order valence-corrected chi connectivity index (χ0v) is 28.6. The molecule has 53 heavy (non-hydrogen) atoms. The topological polar surface area (TPSA) is 264 Å². The number of carbonyl (C=O) groups is 4. The Morgan fingerprint density at radius 3 is 2.13 bits per heavy atom. The molecule has 0 bridgehead atoms. The Bertz CT molecular complexity index is 1910. The summed E-state index contributed by atoms with van der Waals surface area (Å²) >= 11 is 0. The van der Waals surface area contributed by atoms with Crippen LogP contribution in [-0.2, 0) is 27.2 Å². The summed E-state index contributed by atoms with van der Waals surface area (Å²) in [5.74, 6) is -3.31. The zero-order valence-electron chi connectivity index (χ0n) is 28.6. The molecule has 0 fully saturated rings. The van der Waals surface area contributed by atoms with E-state index in [0.717, 1.165) is 17.7 Å². The number of imidazole rings is 1. The molecule has 0 aliphatic carbocycles. The normalized spacial score (nSPS) is 12.4. The van der Waals surface area contributed by atoms with Crippen LogP contribution in [0.3, 0.4) is 0 Å². The summed E-state index contributed by atoms with van der Waals surface area (Å²) in [5.41, 5.74) is 1.23. The highest BCUT2D eigenvalue weighted by molar-refractivity contribution is 6.02. The summed E-state index contributed by atoms with van der Waals surface area (Å²) in [6.45, 7) is 0.171. The average Bonchev–Trinajstić information content (AvgIpc) is 3.67. The van der Waals surface area contributed by atoms with E-state index in [0.29, 0.717) is 23.4 Å². The van der Waals surface area contributed by atoms with Gasteiger partial charge in [-0.1, -0.05) is 42.5 Å². The highest BCUT2D eigenvalue weighted by Gasteiger charge is 2.31. The van der Waals surface area contributed by atoms with Crippen molar-refractivity contribution in [2.24, 2.45) is 0 Å². The van der Waals surface area contributed by atoms with Crippen LogP contribution in [0, 0.1) is 20.2 Å². The van der Waals surface area contributed by atoms with Crippen molar-refractivity contribution in [2.75, 3.05) is 24.2 Å². The molecule has 3 amide bonds. The van der Waals surface area contributed by atoms with E-state index in [4.69, 9.17) is 0 Å². The van der Waals surface area contributed by atoms with E-state index in [9.17, 15) is 44.5 Å². The van der Waals surface area contributed by atoms with Crippen molar-refractivity contribution in [3.8, 4) is 0 Å². The molecule has 0 aliphatic rings. The van der Waals surface area contributed by atoms with Crippen molar-refractivity contribution in [2.45, 2.75) is 50.2 Å². The molecule has 4 aromatic rings. The van der Waals surface area contributed by atoms with Crippen LogP contribution in [-0.4, -0.2) is 80.3 Å². The lowest BCUT2D eigenvalue weighted by atomic mass is 10.0. The molecule has 0 spiro atoms.